The van der Waals surface area contributed by atoms with Gasteiger partial charge in [0.05, 0.1) is 0 Å². The highest BCUT2D eigenvalue weighted by Gasteiger charge is 2.34. The number of benzene rings is 1. The molecule has 0 bridgehead atoms. The molecule has 21 heavy (non-hydrogen) atoms. The largest absolute Gasteiger partial charge is 0.484 e. The summed E-state index contributed by atoms with van der Waals surface area (Å²) in [6, 6.07) is 7.95. The van der Waals surface area contributed by atoms with Crippen molar-refractivity contribution in [1.82, 2.24) is 10.2 Å². The first-order valence-electron chi connectivity index (χ1n) is 7.70. The zero-order valence-electron chi connectivity index (χ0n) is 12.3. The van der Waals surface area contributed by atoms with E-state index in [0.29, 0.717) is 17.4 Å². The van der Waals surface area contributed by atoms with Gasteiger partial charge in [-0.15, -0.1) is 0 Å². The summed E-state index contributed by atoms with van der Waals surface area (Å²) < 4.78 is 5.43. The summed E-state index contributed by atoms with van der Waals surface area (Å²) in [5.41, 5.74) is 6.30. The van der Waals surface area contributed by atoms with E-state index >= 15 is 0 Å². The van der Waals surface area contributed by atoms with Crippen LogP contribution >= 0.6 is 0 Å². The van der Waals surface area contributed by atoms with E-state index in [4.69, 9.17) is 10.5 Å². The number of anilines is 1. The molecule has 1 aliphatic carbocycles. The Morgan fingerprint density at radius 3 is 3.00 bits per heavy atom. The quantitative estimate of drug-likeness (QED) is 0.773. The molecule has 3 N–H and O–H groups in total. The van der Waals surface area contributed by atoms with Crippen LogP contribution in [0.25, 0.3) is 0 Å². The van der Waals surface area contributed by atoms with E-state index in [-0.39, 0.29) is 12.5 Å². The van der Waals surface area contributed by atoms with Gasteiger partial charge < -0.3 is 20.7 Å². The summed E-state index contributed by atoms with van der Waals surface area (Å²) in [4.78, 5) is 14.4. The second kappa shape index (κ2) is 6.35. The molecule has 5 nitrogen and oxygen atoms in total. The lowest BCUT2D eigenvalue weighted by molar-refractivity contribution is -0.123. The number of nitrogens with one attached hydrogen (secondary N) is 1. The Labute approximate surface area is 125 Å². The third kappa shape index (κ3) is 4.11. The van der Waals surface area contributed by atoms with Crippen LogP contribution in [0.15, 0.2) is 24.3 Å². The zero-order valence-corrected chi connectivity index (χ0v) is 12.3. The first-order chi connectivity index (χ1) is 10.2. The first-order valence-corrected chi connectivity index (χ1v) is 7.70. The molecule has 1 aromatic carbocycles. The van der Waals surface area contributed by atoms with Crippen molar-refractivity contribution in [1.29, 1.82) is 0 Å². The minimum atomic E-state index is -0.0673. The van der Waals surface area contributed by atoms with Gasteiger partial charge in [-0.2, -0.15) is 0 Å². The highest BCUT2D eigenvalue weighted by atomic mass is 16.5. The van der Waals surface area contributed by atoms with Gasteiger partial charge in [0.25, 0.3) is 5.91 Å². The maximum Gasteiger partial charge on any atom is 0.257 e. The van der Waals surface area contributed by atoms with Gasteiger partial charge in [0.1, 0.15) is 5.75 Å². The van der Waals surface area contributed by atoms with E-state index in [2.05, 4.69) is 10.2 Å². The minimum absolute atomic E-state index is 0.0442. The van der Waals surface area contributed by atoms with E-state index in [1.165, 1.54) is 25.8 Å². The number of amides is 1. The Balaban J connectivity index is 1.35. The van der Waals surface area contributed by atoms with Crippen molar-refractivity contribution >= 4 is 11.6 Å². The Morgan fingerprint density at radius 1 is 1.38 bits per heavy atom. The van der Waals surface area contributed by atoms with Gasteiger partial charge in [-0.25, -0.2) is 0 Å². The molecule has 5 heteroatoms. The summed E-state index contributed by atoms with van der Waals surface area (Å²) >= 11 is 0. The molecule has 1 amide bonds. The smallest absolute Gasteiger partial charge is 0.257 e. The number of nitrogens with two attached hydrogens (primary N) is 1. The molecule has 1 heterocycles. The number of carbonyl (C=O) groups is 1. The van der Waals surface area contributed by atoms with E-state index in [9.17, 15) is 4.79 Å². The minimum Gasteiger partial charge on any atom is -0.484 e. The standard InChI is InChI=1S/C16H23N3O2/c17-13-2-1-3-15(8-13)21-11-16(20)18-9-12-6-7-19(10-12)14-4-5-14/h1-3,8,12,14H,4-7,9-11,17H2,(H,18,20). The van der Waals surface area contributed by atoms with Crippen LogP contribution in [0.2, 0.25) is 0 Å². The average Bonchev–Trinajstić information content (AvgIpc) is 3.22. The van der Waals surface area contributed by atoms with Crippen LogP contribution in [0.3, 0.4) is 0 Å². The monoisotopic (exact) mass is 289 g/mol. The molecule has 114 valence electrons. The molecule has 1 unspecified atom stereocenters. The van der Waals surface area contributed by atoms with Crippen LogP contribution < -0.4 is 15.8 Å². The molecule has 1 aliphatic heterocycles. The topological polar surface area (TPSA) is 67.6 Å². The van der Waals surface area contributed by atoms with Gasteiger partial charge >= 0.3 is 0 Å². The van der Waals surface area contributed by atoms with Crippen molar-refractivity contribution < 1.29 is 9.53 Å². The number of rotatable bonds is 6. The Bertz CT molecular complexity index is 502. The van der Waals surface area contributed by atoms with Gasteiger partial charge in [-0.05, 0) is 43.9 Å². The van der Waals surface area contributed by atoms with Crippen molar-refractivity contribution in [2.24, 2.45) is 5.92 Å². The number of hydrogen-bond acceptors (Lipinski definition) is 4. The fourth-order valence-corrected chi connectivity index (χ4v) is 2.86. The van der Waals surface area contributed by atoms with E-state index in [1.807, 2.05) is 6.07 Å². The van der Waals surface area contributed by atoms with Gasteiger partial charge in [0.2, 0.25) is 0 Å². The predicted molar refractivity (Wildman–Crippen MR) is 82.1 cm³/mol. The highest BCUT2D eigenvalue weighted by Crippen LogP contribution is 2.31. The second-order valence-electron chi connectivity index (χ2n) is 6.05. The maximum absolute atomic E-state index is 11.8. The number of ether oxygens (including phenoxy) is 1. The Morgan fingerprint density at radius 2 is 2.24 bits per heavy atom. The second-order valence-corrected chi connectivity index (χ2v) is 6.05. The lowest BCUT2D eigenvalue weighted by Crippen LogP contribution is -2.34. The lowest BCUT2D eigenvalue weighted by Gasteiger charge is -2.15. The molecule has 1 aromatic rings. The summed E-state index contributed by atoms with van der Waals surface area (Å²) in [5, 5.41) is 2.97. The Kier molecular flexibility index (Phi) is 4.29. The summed E-state index contributed by atoms with van der Waals surface area (Å²) in [5.74, 6) is 1.15. The molecule has 2 aliphatic rings. The van der Waals surface area contributed by atoms with E-state index in [1.54, 1.807) is 18.2 Å². The van der Waals surface area contributed by atoms with Crippen LogP contribution in [-0.2, 0) is 4.79 Å². The number of carbonyl (C=O) groups excluding carboxylic acids is 1. The zero-order chi connectivity index (χ0) is 14.7. The third-order valence-electron chi connectivity index (χ3n) is 4.20. The fourth-order valence-electron chi connectivity index (χ4n) is 2.86. The molecule has 2 fully saturated rings. The van der Waals surface area contributed by atoms with Crippen LogP contribution in [0, 0.1) is 5.92 Å². The first kappa shape index (κ1) is 14.2. The molecule has 1 atom stereocenters. The van der Waals surface area contributed by atoms with Crippen molar-refractivity contribution in [3.63, 3.8) is 0 Å². The molecule has 1 saturated heterocycles. The predicted octanol–water partition coefficient (Wildman–Crippen LogP) is 1.25. The van der Waals surface area contributed by atoms with Crippen LogP contribution in [0.4, 0.5) is 5.69 Å². The molecular formula is C16H23N3O2. The molecule has 1 saturated carbocycles. The van der Waals surface area contributed by atoms with Crippen molar-refractivity contribution in [3.05, 3.63) is 24.3 Å². The third-order valence-corrected chi connectivity index (χ3v) is 4.20. The molecular weight excluding hydrogens is 266 g/mol. The molecule has 0 aromatic heterocycles. The van der Waals surface area contributed by atoms with Gasteiger partial charge in [0.15, 0.2) is 6.61 Å². The van der Waals surface area contributed by atoms with E-state index in [0.717, 1.165) is 19.1 Å². The Hall–Kier alpha value is -1.75. The lowest BCUT2D eigenvalue weighted by atomic mass is 10.1. The number of likely N-dealkylation sites (tertiary alicyclic amines) is 1. The van der Waals surface area contributed by atoms with Crippen LogP contribution in [0.1, 0.15) is 19.3 Å². The van der Waals surface area contributed by atoms with Crippen molar-refractivity contribution in [3.8, 4) is 5.75 Å². The molecule has 0 spiro atoms. The van der Waals surface area contributed by atoms with Crippen molar-refractivity contribution in [2.75, 3.05) is 32.0 Å². The highest BCUT2D eigenvalue weighted by molar-refractivity contribution is 5.77. The van der Waals surface area contributed by atoms with Crippen LogP contribution in [0.5, 0.6) is 5.75 Å². The van der Waals surface area contributed by atoms with Gasteiger partial charge in [-0.3, -0.25) is 4.79 Å². The maximum atomic E-state index is 11.8. The van der Waals surface area contributed by atoms with Crippen LogP contribution in [-0.4, -0.2) is 43.1 Å². The molecule has 3 rings (SSSR count). The fraction of sp³-hybridized carbons (Fsp3) is 0.562. The average molecular weight is 289 g/mol. The number of hydrogen-bond donors (Lipinski definition) is 2. The normalized spacial score (nSPS) is 22.2. The van der Waals surface area contributed by atoms with E-state index < -0.39 is 0 Å². The summed E-state index contributed by atoms with van der Waals surface area (Å²) in [7, 11) is 0. The van der Waals surface area contributed by atoms with Crippen molar-refractivity contribution in [2.45, 2.75) is 25.3 Å². The summed E-state index contributed by atoms with van der Waals surface area (Å²) in [6.07, 6.45) is 3.90. The van der Waals surface area contributed by atoms with Gasteiger partial charge in [-0.1, -0.05) is 6.07 Å². The molecule has 0 radical (unpaired) electrons. The van der Waals surface area contributed by atoms with Gasteiger partial charge in [0, 0.05) is 30.9 Å². The SMILES string of the molecule is Nc1cccc(OCC(=O)NCC2CCN(C3CC3)C2)c1. The summed E-state index contributed by atoms with van der Waals surface area (Å²) in [6.45, 7) is 3.11. The number of nitrogen functional groups attached to an aromatic ring is 1. The number of nitrogens with zero attached hydrogens (tertiary/aromatic N) is 1.